The lowest BCUT2D eigenvalue weighted by Crippen LogP contribution is -2.09. The van der Waals surface area contributed by atoms with Crippen molar-refractivity contribution < 1.29 is 4.39 Å². The number of nitrogens with zero attached hydrogens (tertiary/aromatic N) is 4. The summed E-state index contributed by atoms with van der Waals surface area (Å²) in [4.78, 5) is 9.20. The molecule has 2 heterocycles. The molecule has 0 bridgehead atoms. The smallest absolute Gasteiger partial charge is 0.253 e. The van der Waals surface area contributed by atoms with Gasteiger partial charge in [-0.1, -0.05) is 24.3 Å². The van der Waals surface area contributed by atoms with Crippen LogP contribution in [0.2, 0.25) is 0 Å². The molecular formula is C21H18FN5. The predicted octanol–water partition coefficient (Wildman–Crippen LogP) is 4.50. The highest BCUT2D eigenvalue weighted by Crippen LogP contribution is 2.34. The molecule has 5 nitrogen and oxygen atoms in total. The monoisotopic (exact) mass is 359 g/mol. The molecule has 134 valence electrons. The van der Waals surface area contributed by atoms with Crippen LogP contribution in [0.1, 0.15) is 18.4 Å². The van der Waals surface area contributed by atoms with Crippen LogP contribution in [0.4, 0.5) is 10.2 Å². The first kappa shape index (κ1) is 15.9. The summed E-state index contributed by atoms with van der Waals surface area (Å²) in [5.74, 6) is 0.862. The van der Waals surface area contributed by atoms with Crippen molar-refractivity contribution in [2.75, 3.05) is 5.32 Å². The van der Waals surface area contributed by atoms with E-state index in [1.807, 2.05) is 43.3 Å². The van der Waals surface area contributed by atoms with E-state index in [9.17, 15) is 4.39 Å². The topological polar surface area (TPSA) is 55.6 Å². The maximum Gasteiger partial charge on any atom is 0.253 e. The Morgan fingerprint density at radius 3 is 2.67 bits per heavy atom. The van der Waals surface area contributed by atoms with E-state index in [1.165, 1.54) is 6.07 Å². The number of nitrogens with one attached hydrogen (secondary N) is 1. The molecule has 1 aliphatic carbocycles. The normalized spacial score (nSPS) is 13.9. The number of benzene rings is 2. The van der Waals surface area contributed by atoms with Crippen LogP contribution in [0.25, 0.3) is 28.0 Å². The summed E-state index contributed by atoms with van der Waals surface area (Å²) in [6.45, 7) is 1.99. The Bertz CT molecular complexity index is 1130. The Morgan fingerprint density at radius 1 is 1.07 bits per heavy atom. The number of aryl methyl sites for hydroxylation is 1. The molecule has 0 unspecified atom stereocenters. The summed E-state index contributed by atoms with van der Waals surface area (Å²) >= 11 is 0. The van der Waals surface area contributed by atoms with Gasteiger partial charge in [0.25, 0.3) is 5.95 Å². The summed E-state index contributed by atoms with van der Waals surface area (Å²) in [6, 6.07) is 13.4. The lowest BCUT2D eigenvalue weighted by Gasteiger charge is -2.13. The molecule has 5 rings (SSSR count). The van der Waals surface area contributed by atoms with E-state index in [0.717, 1.165) is 35.2 Å². The average Bonchev–Trinajstić information content (AvgIpc) is 3.30. The zero-order chi connectivity index (χ0) is 18.4. The third-order valence-corrected chi connectivity index (χ3v) is 4.84. The summed E-state index contributed by atoms with van der Waals surface area (Å²) in [5, 5.41) is 8.47. The Labute approximate surface area is 155 Å². The summed E-state index contributed by atoms with van der Waals surface area (Å²) in [6.07, 6.45) is 5.69. The van der Waals surface area contributed by atoms with E-state index in [0.29, 0.717) is 23.1 Å². The molecule has 27 heavy (non-hydrogen) atoms. The van der Waals surface area contributed by atoms with E-state index in [2.05, 4.69) is 20.4 Å². The number of fused-ring (bicyclic) bond motifs is 1. The maximum absolute atomic E-state index is 15.0. The van der Waals surface area contributed by atoms with E-state index in [1.54, 1.807) is 17.1 Å². The van der Waals surface area contributed by atoms with E-state index in [-0.39, 0.29) is 5.82 Å². The molecule has 0 atom stereocenters. The van der Waals surface area contributed by atoms with Gasteiger partial charge in [0.05, 0.1) is 5.52 Å². The van der Waals surface area contributed by atoms with E-state index >= 15 is 0 Å². The van der Waals surface area contributed by atoms with Crippen LogP contribution in [0, 0.1) is 12.7 Å². The second-order valence-electron chi connectivity index (χ2n) is 6.91. The van der Waals surface area contributed by atoms with Gasteiger partial charge in [-0.2, -0.15) is 10.1 Å². The first-order valence-electron chi connectivity index (χ1n) is 9.03. The first-order chi connectivity index (χ1) is 13.2. The van der Waals surface area contributed by atoms with Gasteiger partial charge in [0.2, 0.25) is 0 Å². The SMILES string of the molecule is Cc1ccccc1-c1cc2c(NC3CC3)nc(-n3cccn3)nc2cc1F. The minimum atomic E-state index is -0.292. The molecule has 0 spiro atoms. The van der Waals surface area contributed by atoms with Gasteiger partial charge in [0, 0.05) is 35.5 Å². The summed E-state index contributed by atoms with van der Waals surface area (Å²) < 4.78 is 16.6. The molecule has 2 aromatic heterocycles. The third kappa shape index (κ3) is 2.93. The molecule has 1 N–H and O–H groups in total. The summed E-state index contributed by atoms with van der Waals surface area (Å²) in [5.41, 5.74) is 3.04. The van der Waals surface area contributed by atoms with Crippen molar-refractivity contribution in [1.82, 2.24) is 19.7 Å². The molecule has 0 saturated heterocycles. The van der Waals surface area contributed by atoms with Crippen molar-refractivity contribution in [3.63, 3.8) is 0 Å². The summed E-state index contributed by atoms with van der Waals surface area (Å²) in [7, 11) is 0. The third-order valence-electron chi connectivity index (χ3n) is 4.84. The number of hydrogen-bond acceptors (Lipinski definition) is 4. The highest BCUT2D eigenvalue weighted by molar-refractivity contribution is 5.93. The molecular weight excluding hydrogens is 341 g/mol. The van der Waals surface area contributed by atoms with Crippen LogP contribution in [0.15, 0.2) is 54.9 Å². The standard InChI is InChI=1S/C21H18FN5/c1-13-5-2-3-6-15(13)16-11-17-19(12-18(16)22)25-21(27-10-4-9-23-27)26-20(17)24-14-7-8-14/h2-6,9-12,14H,7-8H2,1H3,(H,24,25,26). The van der Waals surface area contributed by atoms with Crippen LogP contribution in [0.3, 0.4) is 0 Å². The van der Waals surface area contributed by atoms with Crippen LogP contribution in [-0.2, 0) is 0 Å². The van der Waals surface area contributed by atoms with Gasteiger partial charge in [-0.25, -0.2) is 14.1 Å². The van der Waals surface area contributed by atoms with Crippen LogP contribution in [-0.4, -0.2) is 25.8 Å². The molecule has 2 aromatic carbocycles. The molecule has 1 saturated carbocycles. The lowest BCUT2D eigenvalue weighted by molar-refractivity contribution is 0.632. The first-order valence-corrected chi connectivity index (χ1v) is 9.03. The Hall–Kier alpha value is -3.28. The molecule has 4 aromatic rings. The van der Waals surface area contributed by atoms with Gasteiger partial charge in [0.15, 0.2) is 0 Å². The lowest BCUT2D eigenvalue weighted by atomic mass is 9.98. The minimum absolute atomic E-state index is 0.292. The van der Waals surface area contributed by atoms with E-state index in [4.69, 9.17) is 0 Å². The van der Waals surface area contributed by atoms with E-state index < -0.39 is 0 Å². The fourth-order valence-electron chi connectivity index (χ4n) is 3.24. The van der Waals surface area contributed by atoms with Crippen LogP contribution >= 0.6 is 0 Å². The van der Waals surface area contributed by atoms with Crippen molar-refractivity contribution >= 4 is 16.7 Å². The van der Waals surface area contributed by atoms with Crippen molar-refractivity contribution in [3.05, 3.63) is 66.2 Å². The number of rotatable bonds is 4. The molecule has 1 fully saturated rings. The molecule has 0 amide bonds. The number of halogens is 1. The van der Waals surface area contributed by atoms with Gasteiger partial charge in [-0.05, 0) is 43.0 Å². The molecule has 6 heteroatoms. The van der Waals surface area contributed by atoms with Gasteiger partial charge in [-0.15, -0.1) is 0 Å². The highest BCUT2D eigenvalue weighted by Gasteiger charge is 2.24. The van der Waals surface area contributed by atoms with Crippen LogP contribution < -0.4 is 5.32 Å². The highest BCUT2D eigenvalue weighted by atomic mass is 19.1. The predicted molar refractivity (Wildman–Crippen MR) is 103 cm³/mol. The second kappa shape index (κ2) is 6.16. The largest absolute Gasteiger partial charge is 0.367 e. The zero-order valence-electron chi connectivity index (χ0n) is 14.9. The van der Waals surface area contributed by atoms with Gasteiger partial charge in [-0.3, -0.25) is 0 Å². The number of aromatic nitrogens is 4. The van der Waals surface area contributed by atoms with Gasteiger partial charge < -0.3 is 5.32 Å². The molecule has 0 aliphatic heterocycles. The fraction of sp³-hybridized carbons (Fsp3) is 0.190. The maximum atomic E-state index is 15.0. The Morgan fingerprint density at radius 2 is 1.93 bits per heavy atom. The fourth-order valence-corrected chi connectivity index (χ4v) is 3.24. The number of hydrogen-bond donors (Lipinski definition) is 1. The Balaban J connectivity index is 1.73. The quantitative estimate of drug-likeness (QED) is 0.583. The van der Waals surface area contributed by atoms with Crippen molar-refractivity contribution in [2.24, 2.45) is 0 Å². The Kier molecular flexibility index (Phi) is 3.63. The zero-order valence-corrected chi connectivity index (χ0v) is 14.9. The number of anilines is 1. The van der Waals surface area contributed by atoms with Crippen molar-refractivity contribution in [2.45, 2.75) is 25.8 Å². The minimum Gasteiger partial charge on any atom is -0.367 e. The average molecular weight is 359 g/mol. The molecule has 0 radical (unpaired) electrons. The molecule has 1 aliphatic rings. The van der Waals surface area contributed by atoms with Crippen molar-refractivity contribution in [1.29, 1.82) is 0 Å². The second-order valence-corrected chi connectivity index (χ2v) is 6.91. The van der Waals surface area contributed by atoms with Crippen molar-refractivity contribution in [3.8, 4) is 17.1 Å². The van der Waals surface area contributed by atoms with Crippen LogP contribution in [0.5, 0.6) is 0 Å². The van der Waals surface area contributed by atoms with Gasteiger partial charge in [0.1, 0.15) is 11.6 Å². The van der Waals surface area contributed by atoms with Gasteiger partial charge >= 0.3 is 0 Å².